The van der Waals surface area contributed by atoms with Crippen LogP contribution in [0.25, 0.3) is 0 Å². The smallest absolute Gasteiger partial charge is 0.315 e. The van der Waals surface area contributed by atoms with Gasteiger partial charge in [0.2, 0.25) is 0 Å². The molecule has 0 saturated carbocycles. The van der Waals surface area contributed by atoms with Crippen LogP contribution in [0.1, 0.15) is 62.0 Å². The Kier molecular flexibility index (Phi) is 4.58. The molecule has 8 heteroatoms. The molecule has 3 rings (SSSR count). The number of carbonyl (C=O) groups excluding carboxylic acids is 1. The zero-order chi connectivity index (χ0) is 17.3. The third kappa shape index (κ3) is 3.75. The molecule has 0 aromatic carbocycles. The van der Waals surface area contributed by atoms with Crippen molar-refractivity contribution in [3.05, 3.63) is 27.7 Å². The quantitative estimate of drug-likeness (QED) is 0.893. The molecular weight excluding hydrogens is 324 g/mol. The maximum atomic E-state index is 12.2. The van der Waals surface area contributed by atoms with Crippen LogP contribution in [0.3, 0.4) is 0 Å². The van der Waals surface area contributed by atoms with E-state index < -0.39 is 0 Å². The molecule has 2 amide bonds. The van der Waals surface area contributed by atoms with Crippen molar-refractivity contribution in [2.75, 3.05) is 0 Å². The number of carbonyl (C=O) groups is 1. The number of aromatic nitrogens is 4. The normalized spacial score (nSPS) is 17.4. The number of amides is 2. The molecule has 3 heterocycles. The van der Waals surface area contributed by atoms with Gasteiger partial charge >= 0.3 is 6.03 Å². The minimum Gasteiger partial charge on any atom is -0.332 e. The molecule has 0 saturated heterocycles. The Labute approximate surface area is 145 Å². The summed E-state index contributed by atoms with van der Waals surface area (Å²) in [6.45, 7) is 9.57. The fraction of sp³-hybridized carbons (Fsp3) is 0.625. The van der Waals surface area contributed by atoms with E-state index in [1.807, 2.05) is 17.0 Å². The van der Waals surface area contributed by atoms with E-state index in [2.05, 4.69) is 46.5 Å². The lowest BCUT2D eigenvalue weighted by Gasteiger charge is -2.23. The molecule has 7 nitrogen and oxygen atoms in total. The Balaban J connectivity index is 1.56. The molecule has 1 aliphatic rings. The van der Waals surface area contributed by atoms with E-state index in [1.54, 1.807) is 11.3 Å². The van der Waals surface area contributed by atoms with Gasteiger partial charge in [-0.25, -0.2) is 19.4 Å². The first-order chi connectivity index (χ1) is 11.3. The first-order valence-electron chi connectivity index (χ1n) is 8.23. The highest BCUT2D eigenvalue weighted by Crippen LogP contribution is 2.25. The molecule has 2 aromatic rings. The van der Waals surface area contributed by atoms with Crippen LogP contribution in [0.15, 0.2) is 5.38 Å². The van der Waals surface area contributed by atoms with Gasteiger partial charge in [0, 0.05) is 17.3 Å². The summed E-state index contributed by atoms with van der Waals surface area (Å²) < 4.78 is 1.89. The molecule has 0 aliphatic carbocycles. The van der Waals surface area contributed by atoms with Crippen molar-refractivity contribution in [2.24, 2.45) is 0 Å². The predicted molar refractivity (Wildman–Crippen MR) is 92.9 cm³/mol. The Morgan fingerprint density at radius 2 is 2.21 bits per heavy atom. The minimum atomic E-state index is -0.195. The monoisotopic (exact) mass is 348 g/mol. The maximum absolute atomic E-state index is 12.2. The van der Waals surface area contributed by atoms with Gasteiger partial charge in [0.15, 0.2) is 0 Å². The molecule has 0 radical (unpaired) electrons. The van der Waals surface area contributed by atoms with Crippen LogP contribution in [0.5, 0.6) is 0 Å². The number of nitrogens with zero attached hydrogens (tertiary/aromatic N) is 4. The standard InChI is InChI=1S/C16H24N6OS/c1-10-18-13-12(6-5-7-22(13)21-10)20-15(23)17-8-11-9-24-14(19-11)16(2,3)4/h9,12H,5-8H2,1-4H3,(H2,17,20,23)/t12-/m1/s1. The zero-order valence-electron chi connectivity index (χ0n) is 14.6. The Bertz CT molecular complexity index is 729. The summed E-state index contributed by atoms with van der Waals surface area (Å²) >= 11 is 1.63. The zero-order valence-corrected chi connectivity index (χ0v) is 15.4. The molecule has 1 aliphatic heterocycles. The fourth-order valence-electron chi connectivity index (χ4n) is 2.72. The summed E-state index contributed by atoms with van der Waals surface area (Å²) in [4.78, 5) is 21.2. The van der Waals surface area contributed by atoms with Gasteiger partial charge in [0.25, 0.3) is 0 Å². The molecule has 130 valence electrons. The summed E-state index contributed by atoms with van der Waals surface area (Å²) in [5.41, 5.74) is 0.928. The highest BCUT2D eigenvalue weighted by molar-refractivity contribution is 7.09. The van der Waals surface area contributed by atoms with Gasteiger partial charge in [-0.05, 0) is 19.8 Å². The highest BCUT2D eigenvalue weighted by Gasteiger charge is 2.25. The summed E-state index contributed by atoms with van der Waals surface area (Å²) in [5.74, 6) is 1.59. The molecule has 2 N–H and O–H groups in total. The number of aryl methyl sites for hydroxylation is 2. The number of hydrogen-bond donors (Lipinski definition) is 2. The summed E-state index contributed by atoms with van der Waals surface area (Å²) in [6.07, 6.45) is 1.87. The molecule has 0 unspecified atom stereocenters. The van der Waals surface area contributed by atoms with E-state index in [0.717, 1.165) is 41.7 Å². The first-order valence-corrected chi connectivity index (χ1v) is 9.11. The highest BCUT2D eigenvalue weighted by atomic mass is 32.1. The van der Waals surface area contributed by atoms with Crippen LogP contribution < -0.4 is 10.6 Å². The van der Waals surface area contributed by atoms with E-state index in [1.165, 1.54) is 0 Å². The second-order valence-corrected chi connectivity index (χ2v) is 8.01. The molecule has 0 fully saturated rings. The fourth-order valence-corrected chi connectivity index (χ4v) is 3.63. The number of urea groups is 1. The first kappa shape index (κ1) is 16.9. The van der Waals surface area contributed by atoms with Crippen LogP contribution in [0.2, 0.25) is 0 Å². The Hall–Kier alpha value is -1.96. The summed E-state index contributed by atoms with van der Waals surface area (Å²) in [7, 11) is 0. The molecular formula is C16H24N6OS. The van der Waals surface area contributed by atoms with Crippen LogP contribution in [0.4, 0.5) is 4.79 Å². The van der Waals surface area contributed by atoms with Crippen molar-refractivity contribution < 1.29 is 4.79 Å². The van der Waals surface area contributed by atoms with Gasteiger partial charge < -0.3 is 10.6 Å². The van der Waals surface area contributed by atoms with Crippen LogP contribution in [-0.4, -0.2) is 25.8 Å². The topological polar surface area (TPSA) is 84.7 Å². The van der Waals surface area contributed by atoms with E-state index in [9.17, 15) is 4.79 Å². The van der Waals surface area contributed by atoms with Crippen LogP contribution in [-0.2, 0) is 18.5 Å². The summed E-state index contributed by atoms with van der Waals surface area (Å²) in [6, 6.07) is -0.278. The Morgan fingerprint density at radius 3 is 2.92 bits per heavy atom. The lowest BCUT2D eigenvalue weighted by Crippen LogP contribution is -2.40. The van der Waals surface area contributed by atoms with E-state index in [-0.39, 0.29) is 17.5 Å². The second kappa shape index (κ2) is 6.51. The van der Waals surface area contributed by atoms with Crippen molar-refractivity contribution in [1.82, 2.24) is 30.4 Å². The van der Waals surface area contributed by atoms with Gasteiger partial charge in [-0.15, -0.1) is 11.3 Å². The number of fused-ring (bicyclic) bond motifs is 1. The van der Waals surface area contributed by atoms with E-state index in [0.29, 0.717) is 6.54 Å². The molecule has 1 atom stereocenters. The predicted octanol–water partition coefficient (Wildman–Crippen LogP) is 2.67. The van der Waals surface area contributed by atoms with Gasteiger partial charge in [0.05, 0.1) is 23.3 Å². The Morgan fingerprint density at radius 1 is 1.42 bits per heavy atom. The van der Waals surface area contributed by atoms with Gasteiger partial charge in [-0.3, -0.25) is 0 Å². The number of rotatable bonds is 3. The van der Waals surface area contributed by atoms with Crippen molar-refractivity contribution >= 4 is 17.4 Å². The van der Waals surface area contributed by atoms with Crippen molar-refractivity contribution in [1.29, 1.82) is 0 Å². The molecule has 0 spiro atoms. The van der Waals surface area contributed by atoms with Crippen molar-refractivity contribution in [2.45, 2.75) is 65.1 Å². The number of hydrogen-bond acceptors (Lipinski definition) is 5. The lowest BCUT2D eigenvalue weighted by atomic mass is 9.98. The second-order valence-electron chi connectivity index (χ2n) is 7.16. The maximum Gasteiger partial charge on any atom is 0.315 e. The lowest BCUT2D eigenvalue weighted by molar-refractivity contribution is 0.232. The largest absolute Gasteiger partial charge is 0.332 e. The SMILES string of the molecule is Cc1nc2n(n1)CCC[C@H]2NC(=O)NCc1csc(C(C)(C)C)n1. The van der Waals surface area contributed by atoms with Gasteiger partial charge in [0.1, 0.15) is 11.6 Å². The van der Waals surface area contributed by atoms with Crippen molar-refractivity contribution in [3.63, 3.8) is 0 Å². The van der Waals surface area contributed by atoms with E-state index >= 15 is 0 Å². The molecule has 0 bridgehead atoms. The van der Waals surface area contributed by atoms with Gasteiger partial charge in [-0.1, -0.05) is 20.8 Å². The number of thiazole rings is 1. The molecule has 24 heavy (non-hydrogen) atoms. The summed E-state index contributed by atoms with van der Waals surface area (Å²) in [5, 5.41) is 13.3. The average Bonchev–Trinajstić information content (AvgIpc) is 3.10. The number of nitrogens with one attached hydrogen (secondary N) is 2. The molecule has 2 aromatic heterocycles. The van der Waals surface area contributed by atoms with Crippen LogP contribution >= 0.6 is 11.3 Å². The average molecular weight is 348 g/mol. The van der Waals surface area contributed by atoms with Crippen LogP contribution in [0, 0.1) is 6.92 Å². The van der Waals surface area contributed by atoms with Gasteiger partial charge in [-0.2, -0.15) is 5.10 Å². The van der Waals surface area contributed by atoms with Crippen molar-refractivity contribution in [3.8, 4) is 0 Å². The van der Waals surface area contributed by atoms with E-state index in [4.69, 9.17) is 0 Å². The minimum absolute atomic E-state index is 0.0369. The third-order valence-electron chi connectivity index (χ3n) is 3.91. The third-order valence-corrected chi connectivity index (χ3v) is 5.23.